The van der Waals surface area contributed by atoms with Crippen molar-refractivity contribution in [3.05, 3.63) is 29.3 Å². The highest BCUT2D eigenvalue weighted by Gasteiger charge is 2.33. The van der Waals surface area contributed by atoms with E-state index in [1.165, 1.54) is 0 Å². The normalized spacial score (nSPS) is 15.1. The Morgan fingerprint density at radius 3 is 2.47 bits per heavy atom. The smallest absolute Gasteiger partial charge is 0.122 e. The second-order valence-corrected chi connectivity index (χ2v) is 5.86. The summed E-state index contributed by atoms with van der Waals surface area (Å²) in [6.45, 7) is 8.67. The first-order valence-electron chi connectivity index (χ1n) is 6.90. The van der Waals surface area contributed by atoms with Crippen molar-refractivity contribution in [2.24, 2.45) is 11.1 Å². The van der Waals surface area contributed by atoms with Gasteiger partial charge in [0.05, 0.1) is 13.2 Å². The maximum atomic E-state index is 10.6. The van der Waals surface area contributed by atoms with Crippen LogP contribution in [0.1, 0.15) is 44.2 Å². The summed E-state index contributed by atoms with van der Waals surface area (Å²) in [6.07, 6.45) is 0.447. The number of aryl methyl sites for hydroxylation is 1. The molecule has 3 nitrogen and oxygen atoms in total. The van der Waals surface area contributed by atoms with Gasteiger partial charge in [0.25, 0.3) is 0 Å². The largest absolute Gasteiger partial charge is 0.496 e. The fraction of sp³-hybridized carbons (Fsp3) is 0.625. The maximum absolute atomic E-state index is 10.6. The molecule has 0 bridgehead atoms. The molecule has 0 heterocycles. The Kier molecular flexibility index (Phi) is 5.39. The van der Waals surface area contributed by atoms with Crippen LogP contribution in [0.5, 0.6) is 5.75 Å². The van der Waals surface area contributed by atoms with Gasteiger partial charge in [0.1, 0.15) is 5.75 Å². The molecular weight excluding hydrogens is 238 g/mol. The van der Waals surface area contributed by atoms with Crippen LogP contribution in [0, 0.1) is 12.3 Å². The third kappa shape index (κ3) is 3.48. The van der Waals surface area contributed by atoms with E-state index < -0.39 is 6.10 Å². The average molecular weight is 265 g/mol. The van der Waals surface area contributed by atoms with Crippen molar-refractivity contribution in [1.82, 2.24) is 0 Å². The van der Waals surface area contributed by atoms with Gasteiger partial charge in [-0.25, -0.2) is 0 Å². The highest BCUT2D eigenvalue weighted by atomic mass is 16.5. The van der Waals surface area contributed by atoms with Crippen LogP contribution >= 0.6 is 0 Å². The summed E-state index contributed by atoms with van der Waals surface area (Å²) in [7, 11) is 1.66. The number of aliphatic hydroxyl groups is 1. The Morgan fingerprint density at radius 1 is 1.37 bits per heavy atom. The third-order valence-electron chi connectivity index (χ3n) is 4.21. The van der Waals surface area contributed by atoms with Crippen LogP contribution in [-0.2, 0) is 0 Å². The van der Waals surface area contributed by atoms with Crippen LogP contribution in [0.4, 0.5) is 0 Å². The van der Waals surface area contributed by atoms with E-state index in [1.807, 2.05) is 25.1 Å². The van der Waals surface area contributed by atoms with Gasteiger partial charge in [-0.15, -0.1) is 0 Å². The molecule has 2 atom stereocenters. The zero-order chi connectivity index (χ0) is 14.6. The number of ether oxygens (including phenoxy) is 1. The topological polar surface area (TPSA) is 55.5 Å². The Bertz CT molecular complexity index is 415. The summed E-state index contributed by atoms with van der Waals surface area (Å²) in [4.78, 5) is 0. The first-order chi connectivity index (χ1) is 8.87. The minimum Gasteiger partial charge on any atom is -0.496 e. The molecule has 0 aliphatic heterocycles. The Morgan fingerprint density at radius 2 is 2.00 bits per heavy atom. The standard InChI is InChI=1S/C16H27NO2/c1-6-16(3,4)15(18)13(10-17)12-8-7-11(2)14(9-12)19-5/h7-9,13,15,18H,6,10,17H2,1-5H3. The summed E-state index contributed by atoms with van der Waals surface area (Å²) in [5, 5.41) is 10.6. The summed E-state index contributed by atoms with van der Waals surface area (Å²) in [5.41, 5.74) is 7.87. The van der Waals surface area contributed by atoms with Crippen molar-refractivity contribution in [3.63, 3.8) is 0 Å². The Balaban J connectivity index is 3.10. The monoisotopic (exact) mass is 265 g/mol. The van der Waals surface area contributed by atoms with E-state index in [4.69, 9.17) is 10.5 Å². The Hall–Kier alpha value is -1.06. The molecule has 0 amide bonds. The molecule has 1 rings (SSSR count). The minimum absolute atomic E-state index is 0.0653. The zero-order valence-electron chi connectivity index (χ0n) is 12.7. The number of methoxy groups -OCH3 is 1. The van der Waals surface area contributed by atoms with E-state index in [0.29, 0.717) is 6.54 Å². The second-order valence-electron chi connectivity index (χ2n) is 5.86. The quantitative estimate of drug-likeness (QED) is 0.831. The molecule has 1 aromatic carbocycles. The van der Waals surface area contributed by atoms with E-state index in [0.717, 1.165) is 23.3 Å². The van der Waals surface area contributed by atoms with E-state index in [9.17, 15) is 5.11 Å². The highest BCUT2D eigenvalue weighted by Crippen LogP contribution is 2.35. The van der Waals surface area contributed by atoms with Crippen LogP contribution in [0.15, 0.2) is 18.2 Å². The lowest BCUT2D eigenvalue weighted by molar-refractivity contribution is 0.0264. The zero-order valence-corrected chi connectivity index (χ0v) is 12.7. The van der Waals surface area contributed by atoms with Crippen LogP contribution in [-0.4, -0.2) is 24.9 Å². The van der Waals surface area contributed by atoms with Gasteiger partial charge in [0, 0.05) is 12.5 Å². The number of benzene rings is 1. The molecule has 0 radical (unpaired) electrons. The minimum atomic E-state index is -0.463. The van der Waals surface area contributed by atoms with Crippen molar-refractivity contribution >= 4 is 0 Å². The first-order valence-corrected chi connectivity index (χ1v) is 6.90. The molecular formula is C16H27NO2. The molecule has 0 fully saturated rings. The number of nitrogens with two attached hydrogens (primary N) is 1. The molecule has 0 aliphatic rings. The van der Waals surface area contributed by atoms with Gasteiger partial charge in [0.15, 0.2) is 0 Å². The van der Waals surface area contributed by atoms with E-state index in [2.05, 4.69) is 20.8 Å². The molecule has 0 saturated heterocycles. The fourth-order valence-corrected chi connectivity index (χ4v) is 2.27. The fourth-order valence-electron chi connectivity index (χ4n) is 2.27. The lowest BCUT2D eigenvalue weighted by atomic mass is 9.75. The van der Waals surface area contributed by atoms with Gasteiger partial charge in [-0.05, 0) is 36.0 Å². The summed E-state index contributed by atoms with van der Waals surface area (Å²) in [6, 6.07) is 6.04. The van der Waals surface area contributed by atoms with Crippen LogP contribution in [0.25, 0.3) is 0 Å². The molecule has 0 saturated carbocycles. The molecule has 3 heteroatoms. The maximum Gasteiger partial charge on any atom is 0.122 e. The molecule has 1 aromatic rings. The van der Waals surface area contributed by atoms with E-state index >= 15 is 0 Å². The van der Waals surface area contributed by atoms with Crippen molar-refractivity contribution in [2.45, 2.75) is 46.1 Å². The first kappa shape index (κ1) is 16.0. The lowest BCUT2D eigenvalue weighted by Gasteiger charge is -2.35. The number of aliphatic hydroxyl groups excluding tert-OH is 1. The summed E-state index contributed by atoms with van der Waals surface area (Å²) in [5.74, 6) is 0.780. The van der Waals surface area contributed by atoms with Gasteiger partial charge in [-0.2, -0.15) is 0 Å². The predicted molar refractivity (Wildman–Crippen MR) is 79.6 cm³/mol. The molecule has 0 aliphatic carbocycles. The van der Waals surface area contributed by atoms with E-state index in [1.54, 1.807) is 7.11 Å². The van der Waals surface area contributed by atoms with Crippen molar-refractivity contribution < 1.29 is 9.84 Å². The van der Waals surface area contributed by atoms with Crippen molar-refractivity contribution in [3.8, 4) is 5.75 Å². The van der Waals surface area contributed by atoms with Crippen molar-refractivity contribution in [1.29, 1.82) is 0 Å². The third-order valence-corrected chi connectivity index (χ3v) is 4.21. The summed E-state index contributed by atoms with van der Waals surface area (Å²) < 4.78 is 5.35. The number of hydrogen-bond acceptors (Lipinski definition) is 3. The molecule has 2 unspecified atom stereocenters. The Labute approximate surface area is 116 Å². The number of hydrogen-bond donors (Lipinski definition) is 2. The van der Waals surface area contributed by atoms with Crippen molar-refractivity contribution in [2.75, 3.05) is 13.7 Å². The molecule has 3 N–H and O–H groups in total. The van der Waals surface area contributed by atoms with Gasteiger partial charge < -0.3 is 15.6 Å². The van der Waals surface area contributed by atoms with Crippen LogP contribution in [0.2, 0.25) is 0 Å². The molecule has 19 heavy (non-hydrogen) atoms. The van der Waals surface area contributed by atoms with Crippen LogP contribution in [0.3, 0.4) is 0 Å². The second kappa shape index (κ2) is 6.40. The van der Waals surface area contributed by atoms with E-state index in [-0.39, 0.29) is 11.3 Å². The van der Waals surface area contributed by atoms with Gasteiger partial charge in [0.2, 0.25) is 0 Å². The van der Waals surface area contributed by atoms with Gasteiger partial charge in [-0.1, -0.05) is 32.9 Å². The number of rotatable bonds is 6. The lowest BCUT2D eigenvalue weighted by Crippen LogP contribution is -2.37. The highest BCUT2D eigenvalue weighted by molar-refractivity contribution is 5.38. The van der Waals surface area contributed by atoms with Crippen LogP contribution < -0.4 is 10.5 Å². The summed E-state index contributed by atoms with van der Waals surface area (Å²) >= 11 is 0. The molecule has 108 valence electrons. The van der Waals surface area contributed by atoms with Gasteiger partial charge >= 0.3 is 0 Å². The average Bonchev–Trinajstić information content (AvgIpc) is 2.41. The predicted octanol–water partition coefficient (Wildman–Crippen LogP) is 2.84. The molecule has 0 aromatic heterocycles. The van der Waals surface area contributed by atoms with Gasteiger partial charge in [-0.3, -0.25) is 0 Å². The molecule has 0 spiro atoms. The SMILES string of the molecule is CCC(C)(C)C(O)C(CN)c1ccc(C)c(OC)c1.